The summed E-state index contributed by atoms with van der Waals surface area (Å²) >= 11 is 0. The molecule has 0 aromatic heterocycles. The van der Waals surface area contributed by atoms with Crippen molar-refractivity contribution in [3.05, 3.63) is 0 Å². The van der Waals surface area contributed by atoms with Crippen LogP contribution in [0.2, 0.25) is 0 Å². The summed E-state index contributed by atoms with van der Waals surface area (Å²) in [5, 5.41) is 9.93. The van der Waals surface area contributed by atoms with Gasteiger partial charge in [0.15, 0.2) is 0 Å². The third-order valence-electron chi connectivity index (χ3n) is 1.23. The maximum atomic E-state index is 10.7. The molecule has 0 fully saturated rings. The third kappa shape index (κ3) is 11.9. The van der Waals surface area contributed by atoms with E-state index >= 15 is 0 Å². The van der Waals surface area contributed by atoms with Crippen LogP contribution in [0.5, 0.6) is 0 Å². The quantitative estimate of drug-likeness (QED) is 0.332. The van der Waals surface area contributed by atoms with Crippen molar-refractivity contribution in [2.24, 2.45) is 0 Å². The molecule has 70 valence electrons. The minimum absolute atomic E-state index is 0. The summed E-state index contributed by atoms with van der Waals surface area (Å²) in [7, 11) is 0. The van der Waals surface area contributed by atoms with Crippen LogP contribution in [0.4, 0.5) is 0 Å². The second-order valence-electron chi connectivity index (χ2n) is 2.45. The molecule has 0 saturated heterocycles. The first-order valence-corrected chi connectivity index (χ1v) is 4.02. The van der Waals surface area contributed by atoms with Gasteiger partial charge < -0.3 is 14.6 Å². The van der Waals surface area contributed by atoms with Crippen molar-refractivity contribution in [1.82, 2.24) is 0 Å². The minimum Gasteiger partial charge on any atom is -0.550 e. The van der Waals surface area contributed by atoms with Gasteiger partial charge in [-0.15, -0.1) is 0 Å². The van der Waals surface area contributed by atoms with Crippen molar-refractivity contribution < 1.29 is 49.0 Å². The van der Waals surface area contributed by atoms with Crippen LogP contribution in [0, 0.1) is 0 Å². The molecule has 0 aromatic carbocycles. The number of ether oxygens (including phenoxy) is 1. The molecule has 0 aliphatic heterocycles. The molecule has 0 heterocycles. The average Bonchev–Trinajstić information content (AvgIpc) is 2.00. The van der Waals surface area contributed by atoms with Crippen molar-refractivity contribution in [2.45, 2.75) is 32.6 Å². The molecular formula is C8H13NaO4. The van der Waals surface area contributed by atoms with E-state index in [1.165, 1.54) is 0 Å². The van der Waals surface area contributed by atoms with Crippen LogP contribution in [-0.2, 0) is 14.3 Å². The second kappa shape index (κ2) is 10.0. The molecule has 0 bridgehead atoms. The molecule has 0 aliphatic carbocycles. The topological polar surface area (TPSA) is 66.4 Å². The fourth-order valence-electron chi connectivity index (χ4n) is 0.665. The van der Waals surface area contributed by atoms with Gasteiger partial charge in [0.25, 0.3) is 0 Å². The average molecular weight is 196 g/mol. The van der Waals surface area contributed by atoms with E-state index in [2.05, 4.69) is 0 Å². The normalized spacial score (nSPS) is 8.69. The predicted molar refractivity (Wildman–Crippen MR) is 40.1 cm³/mol. The van der Waals surface area contributed by atoms with Crippen molar-refractivity contribution in [2.75, 3.05) is 6.61 Å². The molecule has 0 radical (unpaired) electrons. The number of hydrogen-bond donors (Lipinski definition) is 0. The third-order valence-corrected chi connectivity index (χ3v) is 1.23. The van der Waals surface area contributed by atoms with Crippen LogP contribution in [0.1, 0.15) is 32.6 Å². The van der Waals surface area contributed by atoms with Gasteiger partial charge in [-0.25, -0.2) is 0 Å². The van der Waals surface area contributed by atoms with Crippen LogP contribution >= 0.6 is 0 Å². The molecule has 0 spiro atoms. The largest absolute Gasteiger partial charge is 1.00 e. The van der Waals surface area contributed by atoms with Crippen molar-refractivity contribution >= 4 is 11.9 Å². The van der Waals surface area contributed by atoms with E-state index in [0.29, 0.717) is 13.0 Å². The predicted octanol–water partition coefficient (Wildman–Crippen LogP) is -3.14. The zero-order chi connectivity index (χ0) is 9.40. The van der Waals surface area contributed by atoms with Gasteiger partial charge >= 0.3 is 35.5 Å². The standard InChI is InChI=1S/C8H14O4.Na/c1-2-6-12-8(11)5-3-4-7(9)10;/h2-6H2,1H3,(H,9,10);/q;+1/p-1. The Balaban J connectivity index is 0. The molecule has 4 nitrogen and oxygen atoms in total. The van der Waals surface area contributed by atoms with Gasteiger partial charge in [0.05, 0.1) is 6.61 Å². The maximum absolute atomic E-state index is 10.7. The Morgan fingerprint density at radius 2 is 1.92 bits per heavy atom. The van der Waals surface area contributed by atoms with Gasteiger partial charge in [0.1, 0.15) is 0 Å². The molecule has 0 aliphatic rings. The number of carbonyl (C=O) groups is 2. The van der Waals surface area contributed by atoms with E-state index in [0.717, 1.165) is 6.42 Å². The Morgan fingerprint density at radius 1 is 1.31 bits per heavy atom. The Kier molecular flexibility index (Phi) is 11.9. The van der Waals surface area contributed by atoms with Gasteiger partial charge in [-0.3, -0.25) is 4.79 Å². The summed E-state index contributed by atoms with van der Waals surface area (Å²) < 4.78 is 4.72. The van der Waals surface area contributed by atoms with Gasteiger partial charge in [0.2, 0.25) is 0 Å². The van der Waals surface area contributed by atoms with E-state index in [9.17, 15) is 14.7 Å². The Hall–Kier alpha value is -0.0600. The summed E-state index contributed by atoms with van der Waals surface area (Å²) in [5.74, 6) is -1.46. The zero-order valence-corrected chi connectivity index (χ0v) is 10.2. The van der Waals surface area contributed by atoms with Crippen LogP contribution in [0.15, 0.2) is 0 Å². The first-order valence-electron chi connectivity index (χ1n) is 4.02. The molecular weight excluding hydrogens is 183 g/mol. The molecule has 0 N–H and O–H groups in total. The first kappa shape index (κ1) is 15.4. The number of carboxylic acid groups (broad SMARTS) is 1. The Labute approximate surface area is 99.9 Å². The molecule has 0 amide bonds. The minimum atomic E-state index is -1.13. The molecule has 0 atom stereocenters. The van der Waals surface area contributed by atoms with E-state index in [1.54, 1.807) is 0 Å². The fraction of sp³-hybridized carbons (Fsp3) is 0.750. The molecule has 0 aromatic rings. The number of esters is 1. The summed E-state index contributed by atoms with van der Waals surface area (Å²) in [4.78, 5) is 20.7. The van der Waals surface area contributed by atoms with E-state index in [4.69, 9.17) is 4.74 Å². The summed E-state index contributed by atoms with van der Waals surface area (Å²) in [5.41, 5.74) is 0. The summed E-state index contributed by atoms with van der Waals surface area (Å²) in [6.45, 7) is 2.30. The van der Waals surface area contributed by atoms with Gasteiger partial charge in [0, 0.05) is 12.4 Å². The number of aliphatic carboxylic acids is 1. The molecule has 13 heavy (non-hydrogen) atoms. The Morgan fingerprint density at radius 3 is 2.38 bits per heavy atom. The van der Waals surface area contributed by atoms with Crippen LogP contribution in [0.3, 0.4) is 0 Å². The fourth-order valence-corrected chi connectivity index (χ4v) is 0.665. The molecule has 0 saturated carbocycles. The zero-order valence-electron chi connectivity index (χ0n) is 8.17. The molecule has 0 unspecified atom stereocenters. The first-order chi connectivity index (χ1) is 5.66. The van der Waals surface area contributed by atoms with Gasteiger partial charge in [-0.05, 0) is 19.3 Å². The number of rotatable bonds is 6. The Bertz CT molecular complexity index is 158. The summed E-state index contributed by atoms with van der Waals surface area (Å²) in [6.07, 6.45) is 1.16. The molecule has 0 rings (SSSR count). The van der Waals surface area contributed by atoms with Crippen LogP contribution in [0.25, 0.3) is 0 Å². The summed E-state index contributed by atoms with van der Waals surface area (Å²) in [6, 6.07) is 0. The number of carbonyl (C=O) groups excluding carboxylic acids is 2. The van der Waals surface area contributed by atoms with Crippen molar-refractivity contribution in [3.8, 4) is 0 Å². The van der Waals surface area contributed by atoms with Crippen LogP contribution in [-0.4, -0.2) is 18.5 Å². The smallest absolute Gasteiger partial charge is 0.550 e. The number of carboxylic acids is 1. The van der Waals surface area contributed by atoms with Crippen molar-refractivity contribution in [1.29, 1.82) is 0 Å². The second-order valence-corrected chi connectivity index (χ2v) is 2.45. The number of hydrogen-bond acceptors (Lipinski definition) is 4. The monoisotopic (exact) mass is 196 g/mol. The van der Waals surface area contributed by atoms with E-state index in [1.807, 2.05) is 6.92 Å². The molecule has 5 heteroatoms. The van der Waals surface area contributed by atoms with Crippen LogP contribution < -0.4 is 34.7 Å². The van der Waals surface area contributed by atoms with Gasteiger partial charge in [-0.2, -0.15) is 0 Å². The van der Waals surface area contributed by atoms with E-state index < -0.39 is 5.97 Å². The van der Waals surface area contributed by atoms with Crippen molar-refractivity contribution in [3.63, 3.8) is 0 Å². The SMILES string of the molecule is CCCOC(=O)CCCC(=O)[O-].[Na+]. The maximum Gasteiger partial charge on any atom is 1.00 e. The van der Waals surface area contributed by atoms with E-state index in [-0.39, 0.29) is 48.4 Å². The van der Waals surface area contributed by atoms with Gasteiger partial charge in [-0.1, -0.05) is 6.92 Å².